The molecule has 0 saturated carbocycles. The zero-order chi connectivity index (χ0) is 34.4. The minimum Gasteiger partial charge on any atom is -0.489 e. The van der Waals surface area contributed by atoms with Gasteiger partial charge in [0.15, 0.2) is 5.82 Å². The molecule has 2 aromatic carbocycles. The standard InChI is InChI=1S/C33H27F4N7O4/c1-17-10-19-11-20(12-23(26(19)39-14-17)42-25-4-3-9-41-44-25)29(45)40-15-32(47,33(35,36)37)24-13-22-28(48-16-31(22,2)30(38)46)27(43-24)18-5-7-21(34)8-6-18/h3-14,47H,15-16H2,1-2H3,(H2,38,46)(H,40,45)(H,42,44)/t31-,32-/m0/s1. The maximum Gasteiger partial charge on any atom is 0.424 e. The molecule has 0 radical (unpaired) electrons. The first-order valence-electron chi connectivity index (χ1n) is 14.5. The minimum atomic E-state index is -5.38. The van der Waals surface area contributed by atoms with Crippen LogP contribution in [0.15, 0.2) is 73.1 Å². The Morgan fingerprint density at radius 2 is 1.85 bits per heavy atom. The van der Waals surface area contributed by atoms with Crippen molar-refractivity contribution < 1.29 is 37.0 Å². The van der Waals surface area contributed by atoms with E-state index < -0.39 is 47.1 Å². The number of carbonyl (C=O) groups excluding carboxylic acids is 2. The molecule has 246 valence electrons. The van der Waals surface area contributed by atoms with Crippen molar-refractivity contribution in [2.24, 2.45) is 5.73 Å². The first-order valence-corrected chi connectivity index (χ1v) is 14.5. The number of anilines is 2. The van der Waals surface area contributed by atoms with E-state index >= 15 is 0 Å². The zero-order valence-corrected chi connectivity index (χ0v) is 25.4. The fraction of sp³-hybridized carbons (Fsp3) is 0.212. The molecule has 11 nitrogen and oxygen atoms in total. The summed E-state index contributed by atoms with van der Waals surface area (Å²) >= 11 is 0. The lowest BCUT2D eigenvalue weighted by atomic mass is 9.81. The Morgan fingerprint density at radius 1 is 1.10 bits per heavy atom. The molecule has 0 fully saturated rings. The maximum absolute atomic E-state index is 14.8. The van der Waals surface area contributed by atoms with E-state index in [2.05, 4.69) is 30.8 Å². The average molecular weight is 662 g/mol. The summed E-state index contributed by atoms with van der Waals surface area (Å²) < 4.78 is 64.0. The van der Waals surface area contributed by atoms with E-state index in [1.54, 1.807) is 31.3 Å². The van der Waals surface area contributed by atoms with Gasteiger partial charge in [0.25, 0.3) is 5.91 Å². The van der Waals surface area contributed by atoms with Gasteiger partial charge in [-0.05, 0) is 80.1 Å². The summed E-state index contributed by atoms with van der Waals surface area (Å²) in [6.07, 6.45) is -2.30. The molecule has 48 heavy (non-hydrogen) atoms. The topological polar surface area (TPSA) is 165 Å². The van der Waals surface area contributed by atoms with Gasteiger partial charge in [0.05, 0.1) is 23.4 Å². The number of nitrogens with zero attached hydrogens (tertiary/aromatic N) is 4. The van der Waals surface area contributed by atoms with Crippen LogP contribution in [0.1, 0.15) is 34.1 Å². The molecular formula is C33H27F4N7O4. The summed E-state index contributed by atoms with van der Waals surface area (Å²) in [5, 5.41) is 24.9. The molecule has 4 heterocycles. The average Bonchev–Trinajstić information content (AvgIpc) is 3.40. The van der Waals surface area contributed by atoms with Gasteiger partial charge in [-0.1, -0.05) is 0 Å². The first kappa shape index (κ1) is 32.2. The van der Waals surface area contributed by atoms with E-state index in [-0.39, 0.29) is 34.7 Å². The lowest BCUT2D eigenvalue weighted by molar-refractivity contribution is -0.265. The van der Waals surface area contributed by atoms with E-state index in [4.69, 9.17) is 10.5 Å². The van der Waals surface area contributed by atoms with Gasteiger partial charge in [-0.3, -0.25) is 14.6 Å². The number of aryl methyl sites for hydroxylation is 1. The highest BCUT2D eigenvalue weighted by Crippen LogP contribution is 2.47. The number of amides is 2. The highest BCUT2D eigenvalue weighted by Gasteiger charge is 2.57. The second-order valence-electron chi connectivity index (χ2n) is 11.6. The van der Waals surface area contributed by atoms with Crippen molar-refractivity contribution >= 4 is 34.2 Å². The minimum absolute atomic E-state index is 0.0385. The van der Waals surface area contributed by atoms with Gasteiger partial charge >= 0.3 is 6.18 Å². The number of aliphatic hydroxyl groups is 1. The second-order valence-corrected chi connectivity index (χ2v) is 11.6. The van der Waals surface area contributed by atoms with Crippen molar-refractivity contribution in [3.8, 4) is 17.0 Å². The number of primary amides is 1. The number of hydrogen-bond donors (Lipinski definition) is 4. The Hall–Kier alpha value is -5.70. The number of ether oxygens (including phenoxy) is 1. The summed E-state index contributed by atoms with van der Waals surface area (Å²) in [5.41, 5.74) is 0.783. The molecule has 3 aromatic heterocycles. The number of alkyl halides is 3. The van der Waals surface area contributed by atoms with Crippen LogP contribution in [-0.4, -0.2) is 56.4 Å². The molecule has 5 aromatic rings. The Bertz CT molecular complexity index is 2060. The molecule has 15 heteroatoms. The van der Waals surface area contributed by atoms with Crippen LogP contribution < -0.4 is 21.1 Å². The predicted molar refractivity (Wildman–Crippen MR) is 166 cm³/mol. The fourth-order valence-electron chi connectivity index (χ4n) is 5.34. The molecule has 1 aliphatic rings. The lowest BCUT2D eigenvalue weighted by Gasteiger charge is -2.31. The van der Waals surface area contributed by atoms with Gasteiger partial charge in [-0.2, -0.15) is 18.3 Å². The van der Waals surface area contributed by atoms with Crippen molar-refractivity contribution in [3.05, 3.63) is 101 Å². The number of nitrogens with two attached hydrogens (primary N) is 1. The number of carbonyl (C=O) groups is 2. The van der Waals surface area contributed by atoms with Crippen molar-refractivity contribution in [3.63, 3.8) is 0 Å². The summed E-state index contributed by atoms with van der Waals surface area (Å²) in [7, 11) is 0. The molecule has 0 spiro atoms. The molecule has 5 N–H and O–H groups in total. The van der Waals surface area contributed by atoms with Gasteiger partial charge in [0.1, 0.15) is 29.3 Å². The molecule has 1 aliphatic heterocycles. The molecular weight excluding hydrogens is 634 g/mol. The van der Waals surface area contributed by atoms with E-state index in [0.717, 1.165) is 23.8 Å². The van der Waals surface area contributed by atoms with Crippen LogP contribution in [0.5, 0.6) is 5.75 Å². The third-order valence-electron chi connectivity index (χ3n) is 8.15. The van der Waals surface area contributed by atoms with Gasteiger partial charge in [-0.25, -0.2) is 9.37 Å². The quantitative estimate of drug-likeness (QED) is 0.174. The Morgan fingerprint density at radius 3 is 2.52 bits per heavy atom. The van der Waals surface area contributed by atoms with Crippen LogP contribution in [0.25, 0.3) is 22.2 Å². The van der Waals surface area contributed by atoms with E-state index in [9.17, 15) is 32.3 Å². The van der Waals surface area contributed by atoms with Crippen LogP contribution in [0.2, 0.25) is 0 Å². The number of hydrogen-bond acceptors (Lipinski definition) is 9. The number of nitrogens with one attached hydrogen (secondary N) is 2. The highest BCUT2D eigenvalue weighted by atomic mass is 19.4. The SMILES string of the molecule is Cc1cnc2c(Nc3cccnn3)cc(C(=O)NC[C@](O)(c3cc4c(c(-c5ccc(F)cc5)n3)OC[C@]4(C)C(N)=O)C(F)(F)F)cc2c1. The Balaban J connectivity index is 1.41. The van der Waals surface area contributed by atoms with Crippen molar-refractivity contribution in [2.75, 3.05) is 18.5 Å². The molecule has 0 saturated heterocycles. The largest absolute Gasteiger partial charge is 0.489 e. The molecule has 0 aliphatic carbocycles. The van der Waals surface area contributed by atoms with Crippen LogP contribution >= 0.6 is 0 Å². The van der Waals surface area contributed by atoms with Crippen molar-refractivity contribution in [1.29, 1.82) is 0 Å². The predicted octanol–water partition coefficient (Wildman–Crippen LogP) is 4.59. The Labute approximate surface area is 270 Å². The summed E-state index contributed by atoms with van der Waals surface area (Å²) in [5.74, 6) is -2.16. The zero-order valence-electron chi connectivity index (χ0n) is 25.4. The molecule has 2 atom stereocenters. The van der Waals surface area contributed by atoms with Crippen LogP contribution in [0.4, 0.5) is 29.1 Å². The number of pyridine rings is 2. The lowest BCUT2D eigenvalue weighted by Crippen LogP contribution is -2.51. The first-order chi connectivity index (χ1) is 22.7. The summed E-state index contributed by atoms with van der Waals surface area (Å²) in [6.45, 7) is 1.50. The van der Waals surface area contributed by atoms with Crippen molar-refractivity contribution in [2.45, 2.75) is 31.0 Å². The number of rotatable bonds is 8. The smallest absolute Gasteiger partial charge is 0.424 e. The molecule has 2 amide bonds. The normalized spacial score (nSPS) is 16.9. The monoisotopic (exact) mass is 661 g/mol. The van der Waals surface area contributed by atoms with E-state index in [0.29, 0.717) is 22.4 Å². The molecule has 0 unspecified atom stereocenters. The third kappa shape index (κ3) is 5.72. The van der Waals surface area contributed by atoms with Crippen molar-refractivity contribution in [1.82, 2.24) is 25.5 Å². The fourth-order valence-corrected chi connectivity index (χ4v) is 5.34. The number of fused-ring (bicyclic) bond motifs is 2. The van der Waals surface area contributed by atoms with Gasteiger partial charge < -0.3 is 26.2 Å². The van der Waals surface area contributed by atoms with E-state index in [1.807, 2.05) is 0 Å². The summed E-state index contributed by atoms with van der Waals surface area (Å²) in [6, 6.07) is 13.4. The van der Waals surface area contributed by atoms with Crippen LogP contribution in [-0.2, 0) is 15.8 Å². The van der Waals surface area contributed by atoms with Gasteiger partial charge in [0, 0.05) is 34.5 Å². The van der Waals surface area contributed by atoms with Crippen LogP contribution in [0, 0.1) is 12.7 Å². The Kier molecular flexibility index (Phi) is 7.95. The third-order valence-corrected chi connectivity index (χ3v) is 8.15. The van der Waals surface area contributed by atoms with E-state index in [1.165, 1.54) is 37.4 Å². The van der Waals surface area contributed by atoms with Crippen LogP contribution in [0.3, 0.4) is 0 Å². The molecule has 6 rings (SSSR count). The van der Waals surface area contributed by atoms with Gasteiger partial charge in [0.2, 0.25) is 11.5 Å². The maximum atomic E-state index is 14.8. The second kappa shape index (κ2) is 11.8. The highest BCUT2D eigenvalue weighted by molar-refractivity contribution is 6.03. The number of aromatic nitrogens is 4. The number of halogens is 4. The number of benzene rings is 2. The van der Waals surface area contributed by atoms with Gasteiger partial charge in [-0.15, -0.1) is 5.10 Å². The molecule has 0 bridgehead atoms. The summed E-state index contributed by atoms with van der Waals surface area (Å²) in [4.78, 5) is 34.5.